The van der Waals surface area contributed by atoms with Gasteiger partial charge in [-0.1, -0.05) is 11.8 Å². The maximum atomic E-state index is 4.52. The topological polar surface area (TPSA) is 37.3 Å². The lowest BCUT2D eigenvalue weighted by molar-refractivity contribution is 0.536. The lowest BCUT2D eigenvalue weighted by Gasteiger charge is -2.15. The zero-order chi connectivity index (χ0) is 10.9. The summed E-state index contributed by atoms with van der Waals surface area (Å²) in [4.78, 5) is 8.90. The average molecular weight is 241 g/mol. The Kier molecular flexibility index (Phi) is 3.02. The molecule has 0 radical (unpaired) electrons. The highest BCUT2D eigenvalue weighted by Gasteiger charge is 2.27. The minimum absolute atomic E-state index is 0.183. The van der Waals surface area contributed by atoms with Crippen LogP contribution < -0.4 is 5.32 Å². The Morgan fingerprint density at radius 1 is 1.60 bits per heavy atom. The number of nitrogens with one attached hydrogen (secondary N) is 1. The van der Waals surface area contributed by atoms with Crippen LogP contribution in [0.4, 0.5) is 0 Å². The van der Waals surface area contributed by atoms with Crippen molar-refractivity contribution in [2.75, 3.05) is 5.75 Å². The second-order valence-electron chi connectivity index (χ2n) is 4.30. The summed E-state index contributed by atoms with van der Waals surface area (Å²) in [5.74, 6) is 1.09. The standard InChI is InChI=1S/C10H15N3S2/c1-7-5-14-8(12-7)4-11-9-13-10(2,3)6-15-9/h5H,4,6H2,1-3H3,(H,11,13). The number of rotatable bonds is 2. The lowest BCUT2D eigenvalue weighted by Crippen LogP contribution is -2.36. The minimum Gasteiger partial charge on any atom is -0.359 e. The van der Waals surface area contributed by atoms with Gasteiger partial charge in [0.15, 0.2) is 5.17 Å². The van der Waals surface area contributed by atoms with Gasteiger partial charge in [-0.05, 0) is 20.8 Å². The van der Waals surface area contributed by atoms with Crippen LogP contribution in [0.15, 0.2) is 10.4 Å². The molecule has 1 saturated heterocycles. The number of aromatic nitrogens is 1. The maximum Gasteiger partial charge on any atom is 0.157 e. The van der Waals surface area contributed by atoms with Gasteiger partial charge in [-0.3, -0.25) is 4.99 Å². The van der Waals surface area contributed by atoms with Gasteiger partial charge < -0.3 is 5.32 Å². The van der Waals surface area contributed by atoms with E-state index in [1.165, 1.54) is 0 Å². The Morgan fingerprint density at radius 2 is 2.40 bits per heavy atom. The van der Waals surface area contributed by atoms with Crippen molar-refractivity contribution in [3.05, 3.63) is 16.1 Å². The van der Waals surface area contributed by atoms with E-state index in [-0.39, 0.29) is 5.54 Å². The van der Waals surface area contributed by atoms with Crippen molar-refractivity contribution >= 4 is 28.3 Å². The molecule has 0 unspecified atom stereocenters. The maximum absolute atomic E-state index is 4.52. The molecule has 2 heterocycles. The summed E-state index contributed by atoms with van der Waals surface area (Å²) in [5, 5.41) is 7.60. The van der Waals surface area contributed by atoms with Crippen molar-refractivity contribution in [2.45, 2.75) is 32.9 Å². The smallest absolute Gasteiger partial charge is 0.157 e. The van der Waals surface area contributed by atoms with Crippen molar-refractivity contribution in [3.63, 3.8) is 0 Å². The number of hydrogen-bond donors (Lipinski definition) is 1. The number of thioether (sulfide) groups is 1. The van der Waals surface area contributed by atoms with Crippen molar-refractivity contribution < 1.29 is 0 Å². The molecule has 1 aromatic rings. The van der Waals surface area contributed by atoms with Crippen LogP contribution in [0.1, 0.15) is 24.5 Å². The molecule has 1 aromatic heterocycles. The molecule has 3 nitrogen and oxygen atoms in total. The molecule has 0 aromatic carbocycles. The molecule has 15 heavy (non-hydrogen) atoms. The van der Waals surface area contributed by atoms with E-state index in [2.05, 4.69) is 34.5 Å². The van der Waals surface area contributed by atoms with E-state index >= 15 is 0 Å². The van der Waals surface area contributed by atoms with Crippen molar-refractivity contribution in [1.29, 1.82) is 0 Å². The Hall–Kier alpha value is -0.550. The van der Waals surface area contributed by atoms with E-state index in [0.29, 0.717) is 6.54 Å². The van der Waals surface area contributed by atoms with Crippen LogP contribution in [0.5, 0.6) is 0 Å². The summed E-state index contributed by atoms with van der Waals surface area (Å²) in [6.07, 6.45) is 0. The van der Waals surface area contributed by atoms with Gasteiger partial charge in [0.25, 0.3) is 0 Å². The van der Waals surface area contributed by atoms with E-state index in [1.54, 1.807) is 23.1 Å². The number of aryl methyl sites for hydroxylation is 1. The van der Waals surface area contributed by atoms with E-state index in [9.17, 15) is 0 Å². The lowest BCUT2D eigenvalue weighted by atomic mass is 10.1. The van der Waals surface area contributed by atoms with Crippen molar-refractivity contribution in [1.82, 2.24) is 10.3 Å². The summed E-state index contributed by atoms with van der Waals surface area (Å²) >= 11 is 3.47. The number of aliphatic imine (C=N–C) groups is 1. The van der Waals surface area contributed by atoms with Crippen LogP contribution >= 0.6 is 23.1 Å². The van der Waals surface area contributed by atoms with Gasteiger partial charge in [0.05, 0.1) is 6.54 Å². The van der Waals surface area contributed by atoms with Crippen LogP contribution in [0, 0.1) is 6.92 Å². The zero-order valence-corrected chi connectivity index (χ0v) is 10.8. The highest BCUT2D eigenvalue weighted by molar-refractivity contribution is 8.14. The van der Waals surface area contributed by atoms with Crippen molar-refractivity contribution in [2.24, 2.45) is 4.99 Å². The molecule has 0 aliphatic carbocycles. The Balaban J connectivity index is 1.95. The van der Waals surface area contributed by atoms with Gasteiger partial charge in [0.2, 0.25) is 0 Å². The normalized spacial score (nSPS) is 21.9. The second-order valence-corrected chi connectivity index (χ2v) is 6.21. The highest BCUT2D eigenvalue weighted by Crippen LogP contribution is 2.22. The third-order valence-corrected chi connectivity index (χ3v) is 4.36. The minimum atomic E-state index is 0.183. The summed E-state index contributed by atoms with van der Waals surface area (Å²) in [6, 6.07) is 0. The number of nitrogens with zero attached hydrogens (tertiary/aromatic N) is 2. The molecule has 2 rings (SSSR count). The summed E-state index contributed by atoms with van der Waals surface area (Å²) in [7, 11) is 0. The first-order valence-electron chi connectivity index (χ1n) is 4.92. The van der Waals surface area contributed by atoms with E-state index in [4.69, 9.17) is 0 Å². The molecule has 0 atom stereocenters. The van der Waals surface area contributed by atoms with Gasteiger partial charge in [-0.25, -0.2) is 4.98 Å². The molecular formula is C10H15N3S2. The van der Waals surface area contributed by atoms with Crippen LogP contribution in [0.3, 0.4) is 0 Å². The fourth-order valence-electron chi connectivity index (χ4n) is 1.31. The third-order valence-electron chi connectivity index (χ3n) is 2.04. The monoisotopic (exact) mass is 241 g/mol. The molecule has 0 bridgehead atoms. The van der Waals surface area contributed by atoms with Crippen LogP contribution in [0.25, 0.3) is 0 Å². The van der Waals surface area contributed by atoms with Gasteiger partial charge >= 0.3 is 0 Å². The summed E-state index contributed by atoms with van der Waals surface area (Å²) < 4.78 is 0. The number of amidine groups is 1. The van der Waals surface area contributed by atoms with Crippen LogP contribution in [0.2, 0.25) is 0 Å². The largest absolute Gasteiger partial charge is 0.359 e. The van der Waals surface area contributed by atoms with Crippen LogP contribution in [-0.2, 0) is 6.54 Å². The molecule has 0 spiro atoms. The molecule has 82 valence electrons. The van der Waals surface area contributed by atoms with Crippen LogP contribution in [-0.4, -0.2) is 21.4 Å². The average Bonchev–Trinajstić information content (AvgIpc) is 2.69. The van der Waals surface area contributed by atoms with Gasteiger partial charge in [0, 0.05) is 22.4 Å². The van der Waals surface area contributed by atoms with E-state index in [1.807, 2.05) is 6.92 Å². The van der Waals surface area contributed by atoms with Gasteiger partial charge in [0.1, 0.15) is 5.01 Å². The van der Waals surface area contributed by atoms with Gasteiger partial charge in [-0.15, -0.1) is 11.3 Å². The number of hydrogen-bond acceptors (Lipinski definition) is 4. The first kappa shape index (κ1) is 11.0. The first-order chi connectivity index (χ1) is 7.05. The zero-order valence-electron chi connectivity index (χ0n) is 9.20. The van der Waals surface area contributed by atoms with Crippen molar-refractivity contribution in [3.8, 4) is 0 Å². The fourth-order valence-corrected chi connectivity index (χ4v) is 3.08. The molecule has 0 saturated carbocycles. The Bertz CT molecular complexity index is 382. The quantitative estimate of drug-likeness (QED) is 0.864. The fraction of sp³-hybridized carbons (Fsp3) is 0.600. The third kappa shape index (κ3) is 2.95. The molecule has 1 N–H and O–H groups in total. The molecule has 5 heteroatoms. The molecule has 1 aliphatic heterocycles. The predicted molar refractivity (Wildman–Crippen MR) is 67.7 cm³/mol. The first-order valence-corrected chi connectivity index (χ1v) is 6.78. The summed E-state index contributed by atoms with van der Waals surface area (Å²) in [6.45, 7) is 7.09. The second kappa shape index (κ2) is 4.14. The SMILES string of the molecule is Cc1csc(CN=C2NC(C)(C)CS2)n1. The Labute approximate surface area is 98.4 Å². The highest BCUT2D eigenvalue weighted by atomic mass is 32.2. The Morgan fingerprint density at radius 3 is 2.93 bits per heavy atom. The number of thiazole rings is 1. The summed E-state index contributed by atoms with van der Waals surface area (Å²) in [5.41, 5.74) is 1.27. The van der Waals surface area contributed by atoms with E-state index in [0.717, 1.165) is 21.6 Å². The molecule has 1 fully saturated rings. The molecular weight excluding hydrogens is 226 g/mol. The van der Waals surface area contributed by atoms with E-state index < -0.39 is 0 Å². The molecule has 0 amide bonds. The molecule has 1 aliphatic rings. The predicted octanol–water partition coefficient (Wildman–Crippen LogP) is 2.42. The van der Waals surface area contributed by atoms with Gasteiger partial charge in [-0.2, -0.15) is 0 Å².